The molecule has 31 heavy (non-hydrogen) atoms. The number of nitrogens with zero attached hydrogens (tertiary/aromatic N) is 3. The number of carbonyl (C=O) groups excluding carboxylic acids is 1. The number of aryl methyl sites for hydroxylation is 1. The molecule has 1 amide bonds. The molecule has 0 unspecified atom stereocenters. The van der Waals surface area contributed by atoms with Gasteiger partial charge < -0.3 is 19.4 Å². The topological polar surface area (TPSA) is 78.3 Å². The maximum atomic E-state index is 12.7. The third kappa shape index (κ3) is 4.65. The van der Waals surface area contributed by atoms with Crippen molar-refractivity contribution in [3.05, 3.63) is 53.9 Å². The fourth-order valence-electron chi connectivity index (χ4n) is 3.64. The number of benzene rings is 2. The fourth-order valence-corrected chi connectivity index (χ4v) is 3.64. The molecule has 3 aromatic rings. The third-order valence-electron chi connectivity index (χ3n) is 5.13. The average Bonchev–Trinajstić information content (AvgIpc) is 3.01. The van der Waals surface area contributed by atoms with Gasteiger partial charge >= 0.3 is 6.61 Å². The Bertz CT molecular complexity index is 1080. The first kappa shape index (κ1) is 20.8. The number of hydrogen-bond acceptors (Lipinski definition) is 5. The number of hydrogen-bond donors (Lipinski definition) is 1. The van der Waals surface area contributed by atoms with Crippen LogP contribution in [-0.4, -0.2) is 34.4 Å². The van der Waals surface area contributed by atoms with Crippen molar-refractivity contribution in [2.75, 3.05) is 12.4 Å². The molecule has 2 heterocycles. The molecule has 0 spiro atoms. The highest BCUT2D eigenvalue weighted by molar-refractivity contribution is 6.04. The number of alkyl halides is 2. The number of rotatable bonds is 6. The Labute approximate surface area is 178 Å². The van der Waals surface area contributed by atoms with E-state index in [0.717, 1.165) is 49.4 Å². The number of amides is 1. The monoisotopic (exact) mass is 428 g/mol. The smallest absolute Gasteiger partial charge is 0.387 e. The summed E-state index contributed by atoms with van der Waals surface area (Å²) >= 11 is 0. The van der Waals surface area contributed by atoms with Crippen molar-refractivity contribution in [1.82, 2.24) is 14.8 Å². The van der Waals surface area contributed by atoms with Gasteiger partial charge in [-0.2, -0.15) is 8.78 Å². The van der Waals surface area contributed by atoms with Crippen LogP contribution in [0.15, 0.2) is 42.5 Å². The molecule has 9 heteroatoms. The van der Waals surface area contributed by atoms with Crippen LogP contribution in [0.3, 0.4) is 0 Å². The van der Waals surface area contributed by atoms with E-state index in [0.29, 0.717) is 5.69 Å². The van der Waals surface area contributed by atoms with Crippen molar-refractivity contribution in [3.63, 3.8) is 0 Å². The van der Waals surface area contributed by atoms with Crippen molar-refractivity contribution in [2.24, 2.45) is 0 Å². The lowest BCUT2D eigenvalue weighted by molar-refractivity contribution is -0.0512. The maximum Gasteiger partial charge on any atom is 0.387 e. The lowest BCUT2D eigenvalue weighted by atomic mass is 10.1. The van der Waals surface area contributed by atoms with E-state index < -0.39 is 12.5 Å². The zero-order valence-electron chi connectivity index (χ0n) is 17.0. The van der Waals surface area contributed by atoms with Crippen molar-refractivity contribution in [3.8, 4) is 22.9 Å². The summed E-state index contributed by atoms with van der Waals surface area (Å²) in [4.78, 5) is 12.7. The maximum absolute atomic E-state index is 12.7. The van der Waals surface area contributed by atoms with E-state index >= 15 is 0 Å². The second-order valence-corrected chi connectivity index (χ2v) is 7.18. The molecule has 1 aliphatic rings. The van der Waals surface area contributed by atoms with Gasteiger partial charge in [0.1, 0.15) is 5.82 Å². The van der Waals surface area contributed by atoms with Crippen LogP contribution in [0.5, 0.6) is 11.5 Å². The van der Waals surface area contributed by atoms with Gasteiger partial charge in [-0.25, -0.2) is 0 Å². The Morgan fingerprint density at radius 1 is 1.10 bits per heavy atom. The number of ether oxygens (including phenoxy) is 2. The predicted molar refractivity (Wildman–Crippen MR) is 111 cm³/mol. The van der Waals surface area contributed by atoms with E-state index in [9.17, 15) is 13.6 Å². The molecule has 7 nitrogen and oxygen atoms in total. The van der Waals surface area contributed by atoms with Gasteiger partial charge in [-0.3, -0.25) is 4.79 Å². The van der Waals surface area contributed by atoms with Crippen molar-refractivity contribution in [2.45, 2.75) is 38.8 Å². The molecule has 0 saturated carbocycles. The van der Waals surface area contributed by atoms with Crippen LogP contribution < -0.4 is 14.8 Å². The van der Waals surface area contributed by atoms with Crippen LogP contribution >= 0.6 is 0 Å². The summed E-state index contributed by atoms with van der Waals surface area (Å²) < 4.78 is 36.9. The molecular formula is C22H22F2N4O3. The molecule has 0 bridgehead atoms. The lowest BCUT2D eigenvalue weighted by Gasteiger charge is -2.12. The number of carbonyl (C=O) groups is 1. The summed E-state index contributed by atoms with van der Waals surface area (Å²) in [5, 5.41) is 11.5. The largest absolute Gasteiger partial charge is 0.493 e. The van der Waals surface area contributed by atoms with Crippen molar-refractivity contribution in [1.29, 1.82) is 0 Å². The van der Waals surface area contributed by atoms with Crippen LogP contribution in [0.4, 0.5) is 14.5 Å². The minimum absolute atomic E-state index is 0.117. The van der Waals surface area contributed by atoms with Crippen LogP contribution in [0, 0.1) is 0 Å². The number of anilines is 1. The Hall–Kier alpha value is -3.49. The SMILES string of the molecule is COc1ccc(C(=O)Nc2cccc(-c3nnc4n3CCCCC4)c2)cc1OC(F)F. The van der Waals surface area contributed by atoms with E-state index in [-0.39, 0.29) is 17.1 Å². The number of aromatic nitrogens is 3. The van der Waals surface area contributed by atoms with Crippen LogP contribution in [0.25, 0.3) is 11.4 Å². The Morgan fingerprint density at radius 2 is 1.97 bits per heavy atom. The van der Waals surface area contributed by atoms with Crippen LogP contribution in [-0.2, 0) is 13.0 Å². The van der Waals surface area contributed by atoms with Crippen LogP contribution in [0.2, 0.25) is 0 Å². The second-order valence-electron chi connectivity index (χ2n) is 7.18. The highest BCUT2D eigenvalue weighted by atomic mass is 19.3. The predicted octanol–water partition coefficient (Wildman–Crippen LogP) is 4.53. The highest BCUT2D eigenvalue weighted by Gasteiger charge is 2.18. The van der Waals surface area contributed by atoms with E-state index in [1.165, 1.54) is 25.3 Å². The second kappa shape index (κ2) is 9.11. The molecule has 0 fully saturated rings. The molecule has 0 atom stereocenters. The first-order chi connectivity index (χ1) is 15.0. The Balaban J connectivity index is 1.56. The third-order valence-corrected chi connectivity index (χ3v) is 5.13. The first-order valence-electron chi connectivity index (χ1n) is 10.0. The molecule has 4 rings (SSSR count). The molecule has 1 aromatic heterocycles. The summed E-state index contributed by atoms with van der Waals surface area (Å²) in [5.74, 6) is 1.20. The van der Waals surface area contributed by atoms with E-state index in [1.54, 1.807) is 6.07 Å². The number of fused-ring (bicyclic) bond motifs is 1. The van der Waals surface area contributed by atoms with Crippen molar-refractivity contribution < 1.29 is 23.0 Å². The minimum Gasteiger partial charge on any atom is -0.493 e. The summed E-state index contributed by atoms with van der Waals surface area (Å²) in [6.07, 6.45) is 4.25. The number of nitrogens with one attached hydrogen (secondary N) is 1. The molecular weight excluding hydrogens is 406 g/mol. The summed E-state index contributed by atoms with van der Waals surface area (Å²) in [5.41, 5.74) is 1.56. The quantitative estimate of drug-likeness (QED) is 0.624. The van der Waals surface area contributed by atoms with Gasteiger partial charge in [0.2, 0.25) is 0 Å². The minimum atomic E-state index is -3.03. The lowest BCUT2D eigenvalue weighted by Crippen LogP contribution is -2.13. The van der Waals surface area contributed by atoms with Gasteiger partial charge in [0.05, 0.1) is 7.11 Å². The normalized spacial score (nSPS) is 13.4. The van der Waals surface area contributed by atoms with E-state index in [4.69, 9.17) is 4.74 Å². The van der Waals surface area contributed by atoms with Crippen LogP contribution in [0.1, 0.15) is 35.4 Å². The zero-order chi connectivity index (χ0) is 21.8. The number of methoxy groups -OCH3 is 1. The molecule has 2 aromatic carbocycles. The number of halogens is 2. The van der Waals surface area contributed by atoms with Gasteiger partial charge in [0, 0.05) is 29.8 Å². The molecule has 0 aliphatic carbocycles. The molecule has 1 aliphatic heterocycles. The van der Waals surface area contributed by atoms with Crippen molar-refractivity contribution >= 4 is 11.6 Å². The van der Waals surface area contributed by atoms with Gasteiger partial charge in [0.25, 0.3) is 5.91 Å². The molecule has 162 valence electrons. The van der Waals surface area contributed by atoms with Gasteiger partial charge in [-0.05, 0) is 43.2 Å². The summed E-state index contributed by atoms with van der Waals surface area (Å²) in [7, 11) is 1.34. The molecule has 0 saturated heterocycles. The van der Waals surface area contributed by atoms with Gasteiger partial charge in [0.15, 0.2) is 17.3 Å². The fraction of sp³-hybridized carbons (Fsp3) is 0.318. The zero-order valence-corrected chi connectivity index (χ0v) is 17.0. The Morgan fingerprint density at radius 3 is 2.77 bits per heavy atom. The first-order valence-corrected chi connectivity index (χ1v) is 10.0. The summed E-state index contributed by atoms with van der Waals surface area (Å²) in [6, 6.07) is 11.4. The summed E-state index contributed by atoms with van der Waals surface area (Å²) in [6.45, 7) is -2.16. The van der Waals surface area contributed by atoms with E-state index in [1.807, 2.05) is 18.2 Å². The van der Waals surface area contributed by atoms with E-state index in [2.05, 4.69) is 24.8 Å². The molecule has 1 N–H and O–H groups in total. The molecule has 0 radical (unpaired) electrons. The van der Waals surface area contributed by atoms with Gasteiger partial charge in [-0.1, -0.05) is 18.6 Å². The standard InChI is InChI=1S/C22H22F2N4O3/c1-30-17-10-9-15(13-18(17)31-22(23)24)21(29)25-16-7-5-6-14(12-16)20-27-26-19-8-3-2-4-11-28(19)20/h5-7,9-10,12-13,22H,2-4,8,11H2,1H3,(H,25,29). The highest BCUT2D eigenvalue weighted by Crippen LogP contribution is 2.30. The van der Waals surface area contributed by atoms with Gasteiger partial charge in [-0.15, -0.1) is 10.2 Å². The average molecular weight is 428 g/mol. The Kier molecular flexibility index (Phi) is 6.11.